The maximum atomic E-state index is 5.47. The normalized spacial score (nSPS) is 12.0. The predicted octanol–water partition coefficient (Wildman–Crippen LogP) is 3.85. The van der Waals surface area contributed by atoms with E-state index < -0.39 is 0 Å². The summed E-state index contributed by atoms with van der Waals surface area (Å²) in [6.45, 7) is 7.19. The molecule has 0 bridgehead atoms. The molecule has 21 heavy (non-hydrogen) atoms. The molecule has 0 aliphatic rings. The monoisotopic (exact) mass is 306 g/mol. The summed E-state index contributed by atoms with van der Waals surface area (Å²) in [6, 6.07) is 4.44. The second kappa shape index (κ2) is 7.26. The molecule has 0 aliphatic heterocycles. The molecule has 2 aromatic heterocycles. The van der Waals surface area contributed by atoms with Gasteiger partial charge in [-0.05, 0) is 32.4 Å². The van der Waals surface area contributed by atoms with Crippen molar-refractivity contribution in [3.63, 3.8) is 0 Å². The smallest absolute Gasteiger partial charge is 0.204 e. The van der Waals surface area contributed by atoms with E-state index in [9.17, 15) is 0 Å². The number of nitrogens with one attached hydrogen (secondary N) is 2. The molecule has 0 fully saturated rings. The van der Waals surface area contributed by atoms with Gasteiger partial charge in [-0.3, -0.25) is 0 Å². The summed E-state index contributed by atoms with van der Waals surface area (Å²) >= 11 is 1.78. The van der Waals surface area contributed by atoms with Crippen LogP contribution in [0.5, 0.6) is 5.75 Å². The summed E-state index contributed by atoms with van der Waals surface area (Å²) in [5, 5.41) is 6.66. The third-order valence-corrected chi connectivity index (χ3v) is 4.27. The SMILES string of the molecule is CCCNc1ncnc(NC(C)c2ccc(C)s2)c1OC. The number of hydrogen-bond acceptors (Lipinski definition) is 6. The molecular weight excluding hydrogens is 284 g/mol. The Morgan fingerprint density at radius 1 is 1.29 bits per heavy atom. The molecule has 0 aliphatic carbocycles. The van der Waals surface area contributed by atoms with E-state index in [0.717, 1.165) is 18.8 Å². The summed E-state index contributed by atoms with van der Waals surface area (Å²) in [5.41, 5.74) is 0. The van der Waals surface area contributed by atoms with Crippen molar-refractivity contribution >= 4 is 23.0 Å². The van der Waals surface area contributed by atoms with E-state index in [0.29, 0.717) is 11.6 Å². The minimum absolute atomic E-state index is 0.173. The number of ether oxygens (including phenoxy) is 1. The van der Waals surface area contributed by atoms with E-state index in [1.54, 1.807) is 24.8 Å². The van der Waals surface area contributed by atoms with Crippen molar-refractivity contribution in [3.8, 4) is 5.75 Å². The van der Waals surface area contributed by atoms with Crippen molar-refractivity contribution in [1.82, 2.24) is 9.97 Å². The van der Waals surface area contributed by atoms with Gasteiger partial charge in [-0.25, -0.2) is 9.97 Å². The van der Waals surface area contributed by atoms with Gasteiger partial charge < -0.3 is 15.4 Å². The Labute approximate surface area is 129 Å². The zero-order valence-electron chi connectivity index (χ0n) is 12.9. The minimum Gasteiger partial charge on any atom is -0.490 e. The Balaban J connectivity index is 2.18. The maximum absolute atomic E-state index is 5.47. The molecule has 0 saturated heterocycles. The molecule has 0 amide bonds. The van der Waals surface area contributed by atoms with Crippen molar-refractivity contribution in [3.05, 3.63) is 28.2 Å². The highest BCUT2D eigenvalue weighted by Crippen LogP contribution is 2.32. The molecule has 0 spiro atoms. The second-order valence-electron chi connectivity index (χ2n) is 4.85. The molecule has 2 N–H and O–H groups in total. The van der Waals surface area contributed by atoms with Crippen LogP contribution in [0.15, 0.2) is 18.5 Å². The van der Waals surface area contributed by atoms with Crippen LogP contribution in [0.3, 0.4) is 0 Å². The van der Waals surface area contributed by atoms with Gasteiger partial charge in [-0.1, -0.05) is 6.92 Å². The van der Waals surface area contributed by atoms with E-state index in [1.807, 2.05) is 0 Å². The van der Waals surface area contributed by atoms with Gasteiger partial charge in [0.1, 0.15) is 6.33 Å². The van der Waals surface area contributed by atoms with Gasteiger partial charge >= 0.3 is 0 Å². The van der Waals surface area contributed by atoms with Gasteiger partial charge in [0.05, 0.1) is 13.2 Å². The highest BCUT2D eigenvalue weighted by Gasteiger charge is 2.15. The average Bonchev–Trinajstić information content (AvgIpc) is 2.92. The van der Waals surface area contributed by atoms with E-state index in [1.165, 1.54) is 9.75 Å². The molecule has 2 aromatic rings. The first-order valence-electron chi connectivity index (χ1n) is 7.11. The van der Waals surface area contributed by atoms with Crippen LogP contribution in [0.4, 0.5) is 11.6 Å². The van der Waals surface area contributed by atoms with Crippen LogP contribution in [-0.2, 0) is 0 Å². The summed E-state index contributed by atoms with van der Waals surface area (Å²) in [5.74, 6) is 2.10. The van der Waals surface area contributed by atoms with Crippen molar-refractivity contribution in [2.24, 2.45) is 0 Å². The van der Waals surface area contributed by atoms with E-state index in [-0.39, 0.29) is 6.04 Å². The molecule has 0 saturated carbocycles. The zero-order chi connectivity index (χ0) is 15.2. The van der Waals surface area contributed by atoms with Crippen LogP contribution < -0.4 is 15.4 Å². The van der Waals surface area contributed by atoms with Crippen molar-refractivity contribution < 1.29 is 4.74 Å². The van der Waals surface area contributed by atoms with Crippen LogP contribution >= 0.6 is 11.3 Å². The fourth-order valence-electron chi connectivity index (χ4n) is 2.00. The average molecular weight is 306 g/mol. The van der Waals surface area contributed by atoms with Gasteiger partial charge in [0.2, 0.25) is 5.75 Å². The Morgan fingerprint density at radius 3 is 2.67 bits per heavy atom. The number of hydrogen-bond donors (Lipinski definition) is 2. The van der Waals surface area contributed by atoms with Crippen molar-refractivity contribution in [2.75, 3.05) is 24.3 Å². The van der Waals surface area contributed by atoms with Crippen molar-refractivity contribution in [1.29, 1.82) is 0 Å². The lowest BCUT2D eigenvalue weighted by Crippen LogP contribution is -2.11. The van der Waals surface area contributed by atoms with Crippen LogP contribution in [0.1, 0.15) is 36.1 Å². The lowest BCUT2D eigenvalue weighted by Gasteiger charge is -2.17. The highest BCUT2D eigenvalue weighted by atomic mass is 32.1. The number of nitrogens with zero attached hydrogens (tertiary/aromatic N) is 2. The van der Waals surface area contributed by atoms with E-state index in [4.69, 9.17) is 4.74 Å². The molecule has 114 valence electrons. The molecule has 2 rings (SSSR count). The Kier molecular flexibility index (Phi) is 5.38. The van der Waals surface area contributed by atoms with Crippen molar-refractivity contribution in [2.45, 2.75) is 33.2 Å². The molecule has 1 atom stereocenters. The van der Waals surface area contributed by atoms with Crippen LogP contribution in [0.25, 0.3) is 0 Å². The first-order valence-corrected chi connectivity index (χ1v) is 7.93. The van der Waals surface area contributed by atoms with Gasteiger partial charge in [0.25, 0.3) is 0 Å². The Morgan fingerprint density at radius 2 is 2.05 bits per heavy atom. The highest BCUT2D eigenvalue weighted by molar-refractivity contribution is 7.12. The predicted molar refractivity (Wildman–Crippen MR) is 88.5 cm³/mol. The molecular formula is C15H22N4OS. The van der Waals surface area contributed by atoms with Crippen LogP contribution in [0.2, 0.25) is 0 Å². The molecule has 2 heterocycles. The van der Waals surface area contributed by atoms with Crippen LogP contribution in [-0.4, -0.2) is 23.6 Å². The first kappa shape index (κ1) is 15.6. The number of aryl methyl sites for hydroxylation is 1. The fourth-order valence-corrected chi connectivity index (χ4v) is 2.88. The molecule has 1 unspecified atom stereocenters. The zero-order valence-corrected chi connectivity index (χ0v) is 13.8. The third-order valence-electron chi connectivity index (χ3n) is 3.09. The lowest BCUT2D eigenvalue weighted by molar-refractivity contribution is 0.414. The minimum atomic E-state index is 0.173. The largest absolute Gasteiger partial charge is 0.490 e. The quantitative estimate of drug-likeness (QED) is 0.813. The summed E-state index contributed by atoms with van der Waals surface area (Å²) in [4.78, 5) is 11.1. The van der Waals surface area contributed by atoms with Gasteiger partial charge in [0, 0.05) is 16.3 Å². The Bertz CT molecular complexity index is 585. The first-order chi connectivity index (χ1) is 10.2. The molecule has 5 nitrogen and oxygen atoms in total. The molecule has 6 heteroatoms. The molecule has 0 aromatic carbocycles. The second-order valence-corrected chi connectivity index (χ2v) is 6.16. The topological polar surface area (TPSA) is 59.1 Å². The summed E-state index contributed by atoms with van der Waals surface area (Å²) < 4.78 is 5.47. The van der Waals surface area contributed by atoms with E-state index in [2.05, 4.69) is 53.5 Å². The van der Waals surface area contributed by atoms with Gasteiger partial charge in [-0.15, -0.1) is 11.3 Å². The Hall–Kier alpha value is -1.82. The lowest BCUT2D eigenvalue weighted by atomic mass is 10.2. The van der Waals surface area contributed by atoms with Crippen LogP contribution in [0, 0.1) is 6.92 Å². The number of methoxy groups -OCH3 is 1. The third kappa shape index (κ3) is 3.85. The van der Waals surface area contributed by atoms with Gasteiger partial charge in [0.15, 0.2) is 11.6 Å². The number of anilines is 2. The van der Waals surface area contributed by atoms with E-state index >= 15 is 0 Å². The number of rotatable bonds is 7. The summed E-state index contributed by atoms with van der Waals surface area (Å²) in [7, 11) is 1.64. The molecule has 0 radical (unpaired) electrons. The fraction of sp³-hybridized carbons (Fsp3) is 0.467. The number of thiophene rings is 1. The number of aromatic nitrogens is 2. The maximum Gasteiger partial charge on any atom is 0.204 e. The standard InChI is InChI=1S/C15H22N4OS/c1-5-8-16-14-13(20-4)15(18-9-17-14)19-11(3)12-7-6-10(2)21-12/h6-7,9,11H,5,8H2,1-4H3,(H2,16,17,18,19). The van der Waals surface area contributed by atoms with Gasteiger partial charge in [-0.2, -0.15) is 0 Å². The summed E-state index contributed by atoms with van der Waals surface area (Å²) in [6.07, 6.45) is 2.58.